The van der Waals surface area contributed by atoms with E-state index in [4.69, 9.17) is 0 Å². The van der Waals surface area contributed by atoms with E-state index in [1.165, 1.54) is 14.2 Å². The van der Waals surface area contributed by atoms with Gasteiger partial charge in [-0.25, -0.2) is 0 Å². The summed E-state index contributed by atoms with van der Waals surface area (Å²) in [5.74, 6) is -0.361. The molecule has 0 aliphatic heterocycles. The van der Waals surface area contributed by atoms with Crippen molar-refractivity contribution >= 4 is 19.9 Å². The van der Waals surface area contributed by atoms with E-state index in [1.54, 1.807) is 0 Å². The lowest BCUT2D eigenvalue weighted by Gasteiger charge is -2.31. The second-order valence-electron chi connectivity index (χ2n) is 4.81. The Morgan fingerprint density at radius 3 is 1.53 bits per heavy atom. The molecular weight excluding hydrogens is 239 g/mol. The molecule has 0 N–H and O–H groups in total. The van der Waals surface area contributed by atoms with Crippen LogP contribution in [0.15, 0.2) is 0 Å². The van der Waals surface area contributed by atoms with E-state index >= 15 is 0 Å². The molecule has 4 nitrogen and oxygen atoms in total. The van der Waals surface area contributed by atoms with Crippen molar-refractivity contribution in [3.05, 3.63) is 0 Å². The summed E-state index contributed by atoms with van der Waals surface area (Å²) in [5.41, 5.74) is 0. The zero-order valence-electron chi connectivity index (χ0n) is 11.4. The minimum absolute atomic E-state index is 0.136. The largest absolute Gasteiger partial charge is 0.469 e. The highest BCUT2D eigenvalue weighted by atomic mass is 31.1. The molecule has 0 saturated carbocycles. The van der Waals surface area contributed by atoms with Gasteiger partial charge in [0.15, 0.2) is 0 Å². The molecule has 0 unspecified atom stereocenters. The molecule has 0 aromatic rings. The zero-order chi connectivity index (χ0) is 13.5. The first-order valence-electron chi connectivity index (χ1n) is 5.70. The van der Waals surface area contributed by atoms with Gasteiger partial charge in [0.2, 0.25) is 0 Å². The van der Waals surface area contributed by atoms with Gasteiger partial charge in [0.1, 0.15) is 0 Å². The van der Waals surface area contributed by atoms with E-state index in [-0.39, 0.29) is 25.0 Å². The summed E-state index contributed by atoms with van der Waals surface area (Å²) in [6.45, 7) is 6.44. The van der Waals surface area contributed by atoms with Crippen LogP contribution in [0.3, 0.4) is 0 Å². The normalized spacial score (nSPS) is 11.4. The summed E-state index contributed by atoms with van der Waals surface area (Å²) in [7, 11) is 2.42. The van der Waals surface area contributed by atoms with Crippen LogP contribution in [0.4, 0.5) is 0 Å². The average molecular weight is 262 g/mol. The van der Waals surface area contributed by atoms with Gasteiger partial charge in [0.05, 0.1) is 14.2 Å². The number of carbonyl (C=O) groups excluding carboxylic acids is 2. The highest BCUT2D eigenvalue weighted by Gasteiger charge is 2.25. The van der Waals surface area contributed by atoms with Gasteiger partial charge in [-0.15, -0.1) is 7.92 Å². The first-order chi connectivity index (χ1) is 7.81. The van der Waals surface area contributed by atoms with Crippen molar-refractivity contribution in [3.63, 3.8) is 0 Å². The smallest absolute Gasteiger partial charge is 0.305 e. The van der Waals surface area contributed by atoms with Crippen molar-refractivity contribution in [2.24, 2.45) is 0 Å². The molecule has 17 heavy (non-hydrogen) atoms. The SMILES string of the molecule is COC(=O)CCP(CCC(=O)OC)C(C)(C)C. The second-order valence-corrected chi connectivity index (χ2v) is 8.13. The van der Waals surface area contributed by atoms with Crippen LogP contribution in [0.25, 0.3) is 0 Å². The second kappa shape index (κ2) is 7.65. The Balaban J connectivity index is 4.25. The maximum Gasteiger partial charge on any atom is 0.305 e. The Kier molecular flexibility index (Phi) is 7.37. The van der Waals surface area contributed by atoms with Crippen molar-refractivity contribution < 1.29 is 19.1 Å². The molecule has 0 radical (unpaired) electrons. The van der Waals surface area contributed by atoms with E-state index in [1.807, 2.05) is 0 Å². The van der Waals surface area contributed by atoms with Crippen molar-refractivity contribution in [1.82, 2.24) is 0 Å². The maximum atomic E-state index is 11.1. The molecule has 0 rings (SSSR count). The molecule has 0 aliphatic rings. The minimum Gasteiger partial charge on any atom is -0.469 e. The Bertz CT molecular complexity index is 238. The van der Waals surface area contributed by atoms with Gasteiger partial charge in [-0.1, -0.05) is 20.8 Å². The number of rotatable bonds is 6. The standard InChI is InChI=1S/C12H23O4P/c1-12(2,3)17(8-6-10(13)15-4)9-7-11(14)16-5/h6-9H2,1-5H3. The van der Waals surface area contributed by atoms with Crippen LogP contribution in [0.1, 0.15) is 33.6 Å². The zero-order valence-corrected chi connectivity index (χ0v) is 12.3. The lowest BCUT2D eigenvalue weighted by atomic mass is 10.3. The van der Waals surface area contributed by atoms with Crippen molar-refractivity contribution in [3.8, 4) is 0 Å². The number of hydrogen-bond acceptors (Lipinski definition) is 4. The number of carbonyl (C=O) groups is 2. The third-order valence-corrected chi connectivity index (χ3v) is 6.00. The van der Waals surface area contributed by atoms with E-state index in [0.717, 1.165) is 12.3 Å². The van der Waals surface area contributed by atoms with Crippen molar-refractivity contribution in [2.45, 2.75) is 38.8 Å². The molecule has 0 aromatic carbocycles. The van der Waals surface area contributed by atoms with Crippen LogP contribution >= 0.6 is 7.92 Å². The monoisotopic (exact) mass is 262 g/mol. The molecule has 0 spiro atoms. The molecule has 0 amide bonds. The Morgan fingerprint density at radius 1 is 0.941 bits per heavy atom. The van der Waals surface area contributed by atoms with Gasteiger partial charge >= 0.3 is 11.9 Å². The third-order valence-electron chi connectivity index (χ3n) is 2.58. The molecular formula is C12H23O4P. The molecule has 0 heterocycles. The van der Waals surface area contributed by atoms with Gasteiger partial charge in [0, 0.05) is 12.8 Å². The predicted octanol–water partition coefficient (Wildman–Crippen LogP) is 2.39. The Hall–Kier alpha value is -0.630. The summed E-state index contributed by atoms with van der Waals surface area (Å²) in [5, 5.41) is 0.136. The summed E-state index contributed by atoms with van der Waals surface area (Å²) in [6, 6.07) is 0. The number of methoxy groups -OCH3 is 2. The van der Waals surface area contributed by atoms with E-state index < -0.39 is 0 Å². The van der Waals surface area contributed by atoms with Crippen LogP contribution < -0.4 is 0 Å². The molecule has 0 aliphatic carbocycles. The fourth-order valence-corrected chi connectivity index (χ4v) is 3.91. The number of esters is 2. The van der Waals surface area contributed by atoms with E-state index in [9.17, 15) is 9.59 Å². The van der Waals surface area contributed by atoms with Gasteiger partial charge in [-0.2, -0.15) is 0 Å². The van der Waals surface area contributed by atoms with Crippen LogP contribution in [0.5, 0.6) is 0 Å². The quantitative estimate of drug-likeness (QED) is 0.545. The predicted molar refractivity (Wildman–Crippen MR) is 69.7 cm³/mol. The van der Waals surface area contributed by atoms with Gasteiger partial charge in [-0.3, -0.25) is 9.59 Å². The molecule has 0 bridgehead atoms. The van der Waals surface area contributed by atoms with E-state index in [2.05, 4.69) is 30.2 Å². The van der Waals surface area contributed by atoms with Crippen LogP contribution in [-0.4, -0.2) is 43.6 Å². The number of hydrogen-bond donors (Lipinski definition) is 0. The summed E-state index contributed by atoms with van der Waals surface area (Å²) >= 11 is 0. The average Bonchev–Trinajstić information content (AvgIpc) is 2.26. The number of ether oxygens (including phenoxy) is 2. The third kappa shape index (κ3) is 7.32. The molecule has 0 aromatic heterocycles. The van der Waals surface area contributed by atoms with Crippen LogP contribution in [0.2, 0.25) is 0 Å². The molecule has 100 valence electrons. The Labute approximate surface area is 105 Å². The van der Waals surface area contributed by atoms with Gasteiger partial charge in [-0.05, 0) is 17.5 Å². The Morgan fingerprint density at radius 2 is 1.29 bits per heavy atom. The lowest BCUT2D eigenvalue weighted by molar-refractivity contribution is -0.140. The molecule has 5 heteroatoms. The summed E-state index contributed by atoms with van der Waals surface area (Å²) in [4.78, 5) is 22.3. The molecule has 0 atom stereocenters. The lowest BCUT2D eigenvalue weighted by Crippen LogP contribution is -2.18. The first kappa shape index (κ1) is 16.4. The summed E-state index contributed by atoms with van der Waals surface area (Å²) in [6.07, 6.45) is 2.48. The van der Waals surface area contributed by atoms with Crippen LogP contribution in [-0.2, 0) is 19.1 Å². The maximum absolute atomic E-state index is 11.1. The van der Waals surface area contributed by atoms with Crippen LogP contribution in [0, 0.1) is 0 Å². The fraction of sp³-hybridized carbons (Fsp3) is 0.833. The highest BCUT2D eigenvalue weighted by molar-refractivity contribution is 7.59. The van der Waals surface area contributed by atoms with Gasteiger partial charge < -0.3 is 9.47 Å². The molecule has 0 saturated heterocycles. The van der Waals surface area contributed by atoms with E-state index in [0.29, 0.717) is 12.8 Å². The fourth-order valence-electron chi connectivity index (χ4n) is 1.44. The molecule has 0 fully saturated rings. The minimum atomic E-state index is -0.380. The van der Waals surface area contributed by atoms with Crippen molar-refractivity contribution in [2.75, 3.05) is 26.5 Å². The van der Waals surface area contributed by atoms with Crippen molar-refractivity contribution in [1.29, 1.82) is 0 Å². The topological polar surface area (TPSA) is 52.6 Å². The summed E-state index contributed by atoms with van der Waals surface area (Å²) < 4.78 is 9.28. The first-order valence-corrected chi connectivity index (χ1v) is 7.41. The van der Waals surface area contributed by atoms with Gasteiger partial charge in [0.25, 0.3) is 0 Å². The highest BCUT2D eigenvalue weighted by Crippen LogP contribution is 2.50.